The Hall–Kier alpha value is -2.21. The average molecular weight is 417 g/mol. The number of benzene rings is 2. The van der Waals surface area contributed by atoms with Crippen LogP contribution in [-0.4, -0.2) is 14.2 Å². The number of sulfone groups is 1. The van der Waals surface area contributed by atoms with Crippen LogP contribution >= 0.6 is 22.9 Å². The topological polar surface area (TPSA) is 51.2 Å². The number of rotatable bonds is 5. The summed E-state index contributed by atoms with van der Waals surface area (Å²) < 4.78 is 26.5. The molecule has 0 N–H and O–H groups in total. The SMILES string of the molecule is Cc1ccc(S(=O)(=O)/C(=C/c2ccc(C)s2)C(=O)c2ccc(Cl)cc2)cc1. The minimum Gasteiger partial charge on any atom is -0.288 e. The lowest BCUT2D eigenvalue weighted by Gasteiger charge is -2.09. The molecular formula is C21H17ClO3S2. The van der Waals surface area contributed by atoms with Gasteiger partial charge < -0.3 is 0 Å². The highest BCUT2D eigenvalue weighted by Gasteiger charge is 2.28. The molecule has 0 fully saturated rings. The molecule has 0 saturated carbocycles. The third-order valence-corrected chi connectivity index (χ3v) is 6.96. The molecule has 0 spiro atoms. The number of hydrogen-bond acceptors (Lipinski definition) is 4. The van der Waals surface area contributed by atoms with Crippen molar-refractivity contribution in [2.75, 3.05) is 0 Å². The molecule has 0 unspecified atom stereocenters. The van der Waals surface area contributed by atoms with E-state index in [0.29, 0.717) is 9.90 Å². The first-order valence-corrected chi connectivity index (χ1v) is 10.9. The highest BCUT2D eigenvalue weighted by Crippen LogP contribution is 2.28. The lowest BCUT2D eigenvalue weighted by Crippen LogP contribution is -2.14. The molecule has 6 heteroatoms. The van der Waals surface area contributed by atoms with Crippen molar-refractivity contribution >= 4 is 44.6 Å². The molecule has 0 aliphatic heterocycles. The normalized spacial score (nSPS) is 12.2. The predicted octanol–water partition coefficient (Wildman–Crippen LogP) is 5.72. The zero-order chi connectivity index (χ0) is 19.6. The predicted molar refractivity (Wildman–Crippen MR) is 111 cm³/mol. The van der Waals surface area contributed by atoms with Gasteiger partial charge in [0.25, 0.3) is 0 Å². The van der Waals surface area contributed by atoms with Gasteiger partial charge in [0.15, 0.2) is 0 Å². The Labute approximate surface area is 167 Å². The molecule has 138 valence electrons. The maximum atomic E-state index is 13.2. The number of carbonyl (C=O) groups excluding carboxylic acids is 1. The fourth-order valence-corrected chi connectivity index (χ4v) is 4.93. The van der Waals surface area contributed by atoms with E-state index in [1.807, 2.05) is 19.9 Å². The summed E-state index contributed by atoms with van der Waals surface area (Å²) in [7, 11) is -3.98. The summed E-state index contributed by atoms with van der Waals surface area (Å²) in [6, 6.07) is 16.4. The third kappa shape index (κ3) is 4.38. The molecule has 0 aliphatic carbocycles. The van der Waals surface area contributed by atoms with E-state index in [9.17, 15) is 13.2 Å². The lowest BCUT2D eigenvalue weighted by atomic mass is 10.1. The van der Waals surface area contributed by atoms with E-state index >= 15 is 0 Å². The Morgan fingerprint density at radius 1 is 0.926 bits per heavy atom. The molecule has 1 heterocycles. The quantitative estimate of drug-likeness (QED) is 0.395. The summed E-state index contributed by atoms with van der Waals surface area (Å²) in [5.41, 5.74) is 1.21. The monoisotopic (exact) mass is 416 g/mol. The van der Waals surface area contributed by atoms with Gasteiger partial charge in [0.1, 0.15) is 4.91 Å². The van der Waals surface area contributed by atoms with Crippen molar-refractivity contribution in [3.63, 3.8) is 0 Å². The summed E-state index contributed by atoms with van der Waals surface area (Å²) >= 11 is 7.32. The standard InChI is InChI=1S/C21H17ClO3S2/c1-14-3-11-19(12-4-14)27(24,25)20(13-18-10-5-15(2)26-18)21(23)16-6-8-17(22)9-7-16/h3-13H,1-2H3/b20-13+. The molecule has 0 aliphatic rings. The maximum Gasteiger partial charge on any atom is 0.210 e. The molecule has 0 saturated heterocycles. The molecule has 1 aromatic heterocycles. The first-order chi connectivity index (χ1) is 12.8. The van der Waals surface area contributed by atoms with Crippen molar-refractivity contribution < 1.29 is 13.2 Å². The van der Waals surface area contributed by atoms with E-state index in [1.165, 1.54) is 41.7 Å². The van der Waals surface area contributed by atoms with E-state index in [-0.39, 0.29) is 15.4 Å². The minimum absolute atomic E-state index is 0.0925. The zero-order valence-electron chi connectivity index (χ0n) is 14.8. The summed E-state index contributed by atoms with van der Waals surface area (Å²) in [5.74, 6) is -0.557. The van der Waals surface area contributed by atoms with E-state index < -0.39 is 15.6 Å². The van der Waals surface area contributed by atoms with Crippen LogP contribution in [0.25, 0.3) is 6.08 Å². The minimum atomic E-state index is -3.98. The van der Waals surface area contributed by atoms with Crippen molar-refractivity contribution in [2.45, 2.75) is 18.7 Å². The van der Waals surface area contributed by atoms with Crippen molar-refractivity contribution in [1.82, 2.24) is 0 Å². The van der Waals surface area contributed by atoms with Crippen LogP contribution < -0.4 is 0 Å². The Bertz CT molecular complexity index is 1110. The molecule has 0 amide bonds. The maximum absolute atomic E-state index is 13.2. The van der Waals surface area contributed by atoms with Gasteiger partial charge in [-0.25, -0.2) is 8.42 Å². The number of halogens is 1. The number of carbonyl (C=O) groups is 1. The van der Waals surface area contributed by atoms with Crippen molar-refractivity contribution in [2.24, 2.45) is 0 Å². The molecule has 3 aromatic rings. The molecule has 2 aromatic carbocycles. The second-order valence-electron chi connectivity index (χ2n) is 6.11. The molecule has 0 atom stereocenters. The first kappa shape index (κ1) is 19.5. The fraction of sp³-hybridized carbons (Fsp3) is 0.0952. The molecule has 3 nitrogen and oxygen atoms in total. The number of Topliss-reactive ketones (excluding diaryl/α,β-unsaturated/α-hetero) is 1. The van der Waals surface area contributed by atoms with Crippen LogP contribution in [0, 0.1) is 13.8 Å². The van der Waals surface area contributed by atoms with Gasteiger partial charge in [0.05, 0.1) is 4.90 Å². The van der Waals surface area contributed by atoms with Crippen LogP contribution in [0.2, 0.25) is 5.02 Å². The fourth-order valence-electron chi connectivity index (χ4n) is 2.51. The third-order valence-electron chi connectivity index (χ3n) is 3.99. The van der Waals surface area contributed by atoms with E-state index in [4.69, 9.17) is 11.6 Å². The van der Waals surface area contributed by atoms with Crippen LogP contribution in [0.4, 0.5) is 0 Å². The van der Waals surface area contributed by atoms with Gasteiger partial charge in [0.2, 0.25) is 15.6 Å². The lowest BCUT2D eigenvalue weighted by molar-refractivity contribution is 0.104. The van der Waals surface area contributed by atoms with Gasteiger partial charge in [-0.15, -0.1) is 11.3 Å². The first-order valence-electron chi connectivity index (χ1n) is 8.17. The number of thiophene rings is 1. The van der Waals surface area contributed by atoms with Crippen LogP contribution in [0.5, 0.6) is 0 Å². The molecular weight excluding hydrogens is 400 g/mol. The summed E-state index contributed by atoms with van der Waals surface area (Å²) in [4.78, 5) is 14.7. The van der Waals surface area contributed by atoms with Gasteiger partial charge in [-0.3, -0.25) is 4.79 Å². The van der Waals surface area contributed by atoms with Gasteiger partial charge in [-0.2, -0.15) is 0 Å². The Morgan fingerprint density at radius 3 is 2.11 bits per heavy atom. The van der Waals surface area contributed by atoms with Gasteiger partial charge in [-0.1, -0.05) is 29.3 Å². The molecule has 0 radical (unpaired) electrons. The largest absolute Gasteiger partial charge is 0.288 e. The molecule has 27 heavy (non-hydrogen) atoms. The molecule has 3 rings (SSSR count). The van der Waals surface area contributed by atoms with Crippen LogP contribution in [-0.2, 0) is 9.84 Å². The van der Waals surface area contributed by atoms with E-state index in [0.717, 1.165) is 10.4 Å². The van der Waals surface area contributed by atoms with E-state index in [1.54, 1.807) is 30.3 Å². The van der Waals surface area contributed by atoms with Crippen LogP contribution in [0.15, 0.2) is 70.5 Å². The Kier molecular flexibility index (Phi) is 5.65. The highest BCUT2D eigenvalue weighted by molar-refractivity contribution is 7.96. The summed E-state index contributed by atoms with van der Waals surface area (Å²) in [6.45, 7) is 3.80. The Morgan fingerprint density at radius 2 is 1.56 bits per heavy atom. The zero-order valence-corrected chi connectivity index (χ0v) is 17.2. The smallest absolute Gasteiger partial charge is 0.210 e. The Balaban J connectivity index is 2.15. The second-order valence-corrected chi connectivity index (χ2v) is 9.78. The van der Waals surface area contributed by atoms with Gasteiger partial charge >= 0.3 is 0 Å². The number of aryl methyl sites for hydroxylation is 2. The number of hydrogen-bond donors (Lipinski definition) is 0. The number of ketones is 1. The van der Waals surface area contributed by atoms with Gasteiger partial charge in [0, 0.05) is 20.3 Å². The highest BCUT2D eigenvalue weighted by atomic mass is 35.5. The van der Waals surface area contributed by atoms with Crippen molar-refractivity contribution in [3.05, 3.63) is 91.5 Å². The van der Waals surface area contributed by atoms with Crippen molar-refractivity contribution in [1.29, 1.82) is 0 Å². The number of allylic oxidation sites excluding steroid dienone is 1. The molecule has 0 bridgehead atoms. The second kappa shape index (κ2) is 7.80. The van der Waals surface area contributed by atoms with E-state index in [2.05, 4.69) is 0 Å². The van der Waals surface area contributed by atoms with Crippen molar-refractivity contribution in [3.8, 4) is 0 Å². The summed E-state index contributed by atoms with van der Waals surface area (Å²) in [6.07, 6.45) is 1.45. The summed E-state index contributed by atoms with van der Waals surface area (Å²) in [5, 5.41) is 0.479. The van der Waals surface area contributed by atoms with Crippen LogP contribution in [0.3, 0.4) is 0 Å². The van der Waals surface area contributed by atoms with Crippen LogP contribution in [0.1, 0.15) is 25.7 Å². The average Bonchev–Trinajstić information content (AvgIpc) is 3.05. The van der Waals surface area contributed by atoms with Gasteiger partial charge in [-0.05, 0) is 68.5 Å².